The van der Waals surface area contributed by atoms with Gasteiger partial charge in [0.25, 0.3) is 5.91 Å². The van der Waals surface area contributed by atoms with Crippen LogP contribution in [0.1, 0.15) is 42.0 Å². The molecule has 0 radical (unpaired) electrons. The Bertz CT molecular complexity index is 750. The highest BCUT2D eigenvalue weighted by molar-refractivity contribution is 7.12. The molecule has 0 N–H and O–H groups in total. The maximum absolute atomic E-state index is 13.0. The minimum absolute atomic E-state index is 0.0363. The van der Waals surface area contributed by atoms with Gasteiger partial charge in [0.15, 0.2) is 0 Å². The van der Waals surface area contributed by atoms with Gasteiger partial charge in [-0.05, 0) is 55.6 Å². The third kappa shape index (κ3) is 3.57. The number of hydrogen-bond donors (Lipinski definition) is 0. The topological polar surface area (TPSA) is 35.9 Å². The number of carbonyl (C=O) groups excluding carboxylic acids is 1. The van der Waals surface area contributed by atoms with Crippen molar-refractivity contribution >= 4 is 34.3 Å². The van der Waals surface area contributed by atoms with E-state index in [1.165, 1.54) is 17.7 Å². The third-order valence-corrected chi connectivity index (χ3v) is 7.12. The van der Waals surface area contributed by atoms with Crippen molar-refractivity contribution in [3.05, 3.63) is 44.8 Å². The van der Waals surface area contributed by atoms with Gasteiger partial charge in [-0.2, -0.15) is 5.10 Å². The maximum Gasteiger partial charge on any atom is 0.257 e. The molecule has 6 heteroatoms. The van der Waals surface area contributed by atoms with E-state index in [0.29, 0.717) is 12.6 Å². The predicted molar refractivity (Wildman–Crippen MR) is 104 cm³/mol. The number of amides is 1. The van der Waals surface area contributed by atoms with E-state index in [9.17, 15) is 4.79 Å². The minimum Gasteiger partial charge on any atom is -0.295 e. The fourth-order valence-electron chi connectivity index (χ4n) is 3.40. The zero-order chi connectivity index (χ0) is 17.4. The van der Waals surface area contributed by atoms with E-state index in [-0.39, 0.29) is 11.9 Å². The molecule has 1 aliphatic heterocycles. The van der Waals surface area contributed by atoms with Crippen LogP contribution in [0.5, 0.6) is 0 Å². The van der Waals surface area contributed by atoms with Gasteiger partial charge in [0.2, 0.25) is 0 Å². The summed E-state index contributed by atoms with van der Waals surface area (Å²) in [7, 11) is 2.06. The largest absolute Gasteiger partial charge is 0.295 e. The number of rotatable bonds is 6. The van der Waals surface area contributed by atoms with Crippen molar-refractivity contribution < 1.29 is 4.79 Å². The van der Waals surface area contributed by atoms with Crippen LogP contribution in [0.2, 0.25) is 0 Å². The molecule has 1 saturated carbocycles. The second kappa shape index (κ2) is 7.02. The highest BCUT2D eigenvalue weighted by Crippen LogP contribution is 2.37. The molecule has 2 aliphatic rings. The first-order valence-corrected chi connectivity index (χ1v) is 10.6. The number of likely N-dealkylation sites (N-methyl/N-ethyl adjacent to an activating group) is 1. The summed E-state index contributed by atoms with van der Waals surface area (Å²) in [5, 5.41) is 10.6. The number of nitrogens with zero attached hydrogens (tertiary/aromatic N) is 3. The Morgan fingerprint density at radius 1 is 1.32 bits per heavy atom. The Balaban J connectivity index is 1.53. The molecule has 1 fully saturated rings. The number of thiophene rings is 2. The maximum atomic E-state index is 13.0. The minimum atomic E-state index is 0.0363. The summed E-state index contributed by atoms with van der Waals surface area (Å²) >= 11 is 3.39. The van der Waals surface area contributed by atoms with Crippen LogP contribution < -0.4 is 0 Å². The summed E-state index contributed by atoms with van der Waals surface area (Å²) in [4.78, 5) is 17.6. The smallest absolute Gasteiger partial charge is 0.257 e. The van der Waals surface area contributed by atoms with Gasteiger partial charge in [0.05, 0.1) is 23.2 Å². The van der Waals surface area contributed by atoms with Crippen LogP contribution in [-0.4, -0.2) is 41.2 Å². The quantitative estimate of drug-likeness (QED) is 0.760. The summed E-state index contributed by atoms with van der Waals surface area (Å²) in [6, 6.07) is 8.79. The fourth-order valence-corrected chi connectivity index (χ4v) is 4.94. The molecule has 4 nitrogen and oxygen atoms in total. The zero-order valence-electron chi connectivity index (χ0n) is 14.6. The molecule has 0 saturated heterocycles. The van der Waals surface area contributed by atoms with Crippen LogP contribution in [0.25, 0.3) is 0 Å². The van der Waals surface area contributed by atoms with E-state index in [1.807, 2.05) is 12.1 Å². The number of hydrogen-bond acceptors (Lipinski definition) is 5. The van der Waals surface area contributed by atoms with Gasteiger partial charge in [0, 0.05) is 17.3 Å². The summed E-state index contributed by atoms with van der Waals surface area (Å²) < 4.78 is 0. The second-order valence-corrected chi connectivity index (χ2v) is 8.92. The molecule has 132 valence electrons. The lowest BCUT2D eigenvalue weighted by molar-refractivity contribution is -0.134. The molecule has 1 aliphatic carbocycles. The first-order chi connectivity index (χ1) is 12.1. The van der Waals surface area contributed by atoms with E-state index in [1.54, 1.807) is 27.7 Å². The van der Waals surface area contributed by atoms with E-state index < -0.39 is 0 Å². The summed E-state index contributed by atoms with van der Waals surface area (Å²) in [5.74, 6) is 0.856. The molecule has 2 aromatic heterocycles. The van der Waals surface area contributed by atoms with Gasteiger partial charge < -0.3 is 0 Å². The first-order valence-electron chi connectivity index (χ1n) is 8.80. The molecule has 0 bridgehead atoms. The SMILES string of the molecule is CC(C1CC1)N(C)CC(=O)N1N=C(c2cccs2)CC1c1cccs1. The van der Waals surface area contributed by atoms with Crippen LogP contribution in [0, 0.1) is 5.92 Å². The van der Waals surface area contributed by atoms with Crippen LogP contribution in [0.3, 0.4) is 0 Å². The molecule has 0 aromatic carbocycles. The standard InChI is InChI=1S/C19H23N3OS2/c1-13(14-7-8-14)21(2)12-19(23)22-16(18-6-4-10-25-18)11-15(20-22)17-5-3-9-24-17/h3-6,9-10,13-14,16H,7-8,11-12H2,1-2H3. The molecule has 2 unspecified atom stereocenters. The van der Waals surface area contributed by atoms with Gasteiger partial charge in [-0.25, -0.2) is 5.01 Å². The first kappa shape index (κ1) is 16.9. The van der Waals surface area contributed by atoms with Gasteiger partial charge in [0.1, 0.15) is 0 Å². The van der Waals surface area contributed by atoms with Gasteiger partial charge >= 0.3 is 0 Å². The summed E-state index contributed by atoms with van der Waals surface area (Å²) in [6.45, 7) is 2.66. The Labute approximate surface area is 156 Å². The lowest BCUT2D eigenvalue weighted by Gasteiger charge is -2.27. The molecule has 25 heavy (non-hydrogen) atoms. The molecule has 1 amide bonds. The van der Waals surface area contributed by atoms with Gasteiger partial charge in [-0.3, -0.25) is 9.69 Å². The highest BCUT2D eigenvalue weighted by atomic mass is 32.1. The zero-order valence-corrected chi connectivity index (χ0v) is 16.2. The Kier molecular flexibility index (Phi) is 4.75. The molecule has 4 rings (SSSR count). The second-order valence-electron chi connectivity index (χ2n) is 6.99. The third-order valence-electron chi connectivity index (χ3n) is 5.23. The molecule has 0 spiro atoms. The van der Waals surface area contributed by atoms with Crippen molar-refractivity contribution in [2.75, 3.05) is 13.6 Å². The van der Waals surface area contributed by atoms with Crippen LogP contribution in [-0.2, 0) is 4.79 Å². The molecule has 3 heterocycles. The number of hydrazone groups is 1. The summed E-state index contributed by atoms with van der Waals surface area (Å²) in [6.07, 6.45) is 3.39. The normalized spacial score (nSPS) is 21.6. The fraction of sp³-hybridized carbons (Fsp3) is 0.474. The van der Waals surface area contributed by atoms with Gasteiger partial charge in [-0.1, -0.05) is 12.1 Å². The Morgan fingerprint density at radius 2 is 2.08 bits per heavy atom. The molecular formula is C19H23N3OS2. The Morgan fingerprint density at radius 3 is 2.72 bits per heavy atom. The van der Waals surface area contributed by atoms with Crippen molar-refractivity contribution in [2.24, 2.45) is 11.0 Å². The van der Waals surface area contributed by atoms with Crippen molar-refractivity contribution in [2.45, 2.75) is 38.3 Å². The van der Waals surface area contributed by atoms with Crippen LogP contribution >= 0.6 is 22.7 Å². The van der Waals surface area contributed by atoms with Crippen LogP contribution in [0.15, 0.2) is 40.1 Å². The average molecular weight is 374 g/mol. The van der Waals surface area contributed by atoms with Gasteiger partial charge in [-0.15, -0.1) is 22.7 Å². The molecular weight excluding hydrogens is 350 g/mol. The predicted octanol–water partition coefficient (Wildman–Crippen LogP) is 4.22. The summed E-state index contributed by atoms with van der Waals surface area (Å²) in [5.41, 5.74) is 1.03. The van der Waals surface area contributed by atoms with Crippen molar-refractivity contribution in [3.63, 3.8) is 0 Å². The van der Waals surface area contributed by atoms with E-state index >= 15 is 0 Å². The van der Waals surface area contributed by atoms with E-state index in [4.69, 9.17) is 5.10 Å². The number of carbonyl (C=O) groups is 1. The van der Waals surface area contributed by atoms with Crippen molar-refractivity contribution in [3.8, 4) is 0 Å². The highest BCUT2D eigenvalue weighted by Gasteiger charge is 2.36. The lowest BCUT2D eigenvalue weighted by atomic mass is 10.1. The van der Waals surface area contributed by atoms with E-state index in [2.05, 4.69) is 41.8 Å². The Hall–Kier alpha value is -1.50. The molecule has 2 aromatic rings. The lowest BCUT2D eigenvalue weighted by Crippen LogP contribution is -2.40. The van der Waals surface area contributed by atoms with E-state index in [0.717, 1.165) is 22.9 Å². The molecule has 2 atom stereocenters. The van der Waals surface area contributed by atoms with Crippen molar-refractivity contribution in [1.82, 2.24) is 9.91 Å². The monoisotopic (exact) mass is 373 g/mol. The van der Waals surface area contributed by atoms with Crippen LogP contribution in [0.4, 0.5) is 0 Å². The average Bonchev–Trinajstić information content (AvgIpc) is 3.04. The van der Waals surface area contributed by atoms with Crippen molar-refractivity contribution in [1.29, 1.82) is 0 Å².